The van der Waals surface area contributed by atoms with Crippen molar-refractivity contribution in [3.8, 4) is 11.8 Å². The van der Waals surface area contributed by atoms with Gasteiger partial charge in [0.05, 0.1) is 0 Å². The largest absolute Gasteiger partial charge is 0.384 e. The van der Waals surface area contributed by atoms with E-state index in [1.165, 1.54) is 11.3 Å². The molecule has 1 heterocycles. The molecule has 0 bridgehead atoms. The van der Waals surface area contributed by atoms with Crippen LogP contribution in [0.2, 0.25) is 0 Å². The minimum Gasteiger partial charge on any atom is -0.384 e. The lowest BCUT2D eigenvalue weighted by atomic mass is 10.1. The van der Waals surface area contributed by atoms with E-state index in [9.17, 15) is 4.79 Å². The number of thiophene rings is 1. The first-order valence-corrected chi connectivity index (χ1v) is 6.73. The summed E-state index contributed by atoms with van der Waals surface area (Å²) in [4.78, 5) is 11.8. The highest BCUT2D eigenvalue weighted by atomic mass is 32.1. The number of carbonyl (C=O) groups is 1. The standard InChI is InChI=1S/C15H13NO2S/c17-7-2-5-12-3-1-4-13(9-12)10-16-15(18)14-6-8-19-11-14/h1,3-4,6,8-9,11,17H,7,10H2,(H,16,18). The minimum atomic E-state index is -0.154. The Morgan fingerprint density at radius 1 is 1.37 bits per heavy atom. The summed E-state index contributed by atoms with van der Waals surface area (Å²) >= 11 is 1.50. The fourth-order valence-corrected chi connectivity index (χ4v) is 2.21. The van der Waals surface area contributed by atoms with Crippen molar-refractivity contribution in [3.63, 3.8) is 0 Å². The summed E-state index contributed by atoms with van der Waals surface area (Å²) in [6.07, 6.45) is 0. The van der Waals surface area contributed by atoms with Gasteiger partial charge in [-0.05, 0) is 29.1 Å². The SMILES string of the molecule is O=C(NCc1cccc(C#CCO)c1)c1ccsc1. The Balaban J connectivity index is 1.98. The van der Waals surface area contributed by atoms with Crippen molar-refractivity contribution in [2.24, 2.45) is 0 Å². The molecular formula is C15H13NO2S. The van der Waals surface area contributed by atoms with Crippen LogP contribution in [-0.4, -0.2) is 17.6 Å². The minimum absolute atomic E-state index is 0.0758. The van der Waals surface area contributed by atoms with E-state index in [2.05, 4.69) is 17.2 Å². The Hall–Kier alpha value is -2.09. The number of hydrogen-bond donors (Lipinski definition) is 2. The molecule has 2 aromatic rings. The first-order chi connectivity index (χ1) is 9.29. The Morgan fingerprint density at radius 2 is 2.26 bits per heavy atom. The van der Waals surface area contributed by atoms with Crippen LogP contribution in [0.5, 0.6) is 0 Å². The summed E-state index contributed by atoms with van der Waals surface area (Å²) in [5, 5.41) is 15.2. The van der Waals surface area contributed by atoms with E-state index in [-0.39, 0.29) is 12.5 Å². The summed E-state index contributed by atoms with van der Waals surface area (Å²) in [5.74, 6) is 5.36. The van der Waals surface area contributed by atoms with Gasteiger partial charge in [0.2, 0.25) is 0 Å². The zero-order valence-corrected chi connectivity index (χ0v) is 11.0. The van der Waals surface area contributed by atoms with E-state index in [0.717, 1.165) is 11.1 Å². The van der Waals surface area contributed by atoms with Crippen molar-refractivity contribution in [2.45, 2.75) is 6.54 Å². The quantitative estimate of drug-likeness (QED) is 0.839. The molecule has 96 valence electrons. The van der Waals surface area contributed by atoms with E-state index in [0.29, 0.717) is 12.1 Å². The van der Waals surface area contributed by atoms with Crippen LogP contribution in [0.25, 0.3) is 0 Å². The Bertz CT molecular complexity index is 609. The Labute approximate surface area is 115 Å². The van der Waals surface area contributed by atoms with Crippen LogP contribution in [0.3, 0.4) is 0 Å². The number of amides is 1. The molecule has 1 aromatic carbocycles. The van der Waals surface area contributed by atoms with E-state index < -0.39 is 0 Å². The molecule has 0 spiro atoms. The zero-order valence-electron chi connectivity index (χ0n) is 10.2. The van der Waals surface area contributed by atoms with Crippen molar-refractivity contribution in [2.75, 3.05) is 6.61 Å². The van der Waals surface area contributed by atoms with Crippen LogP contribution in [0, 0.1) is 11.8 Å². The van der Waals surface area contributed by atoms with Gasteiger partial charge in [0, 0.05) is 23.1 Å². The molecule has 0 aliphatic heterocycles. The molecule has 0 fully saturated rings. The van der Waals surface area contributed by atoms with Gasteiger partial charge in [0.15, 0.2) is 0 Å². The number of benzene rings is 1. The molecule has 19 heavy (non-hydrogen) atoms. The second-order valence-corrected chi connectivity index (χ2v) is 4.64. The molecule has 0 saturated heterocycles. The molecule has 0 atom stereocenters. The second kappa shape index (κ2) is 6.74. The fourth-order valence-electron chi connectivity index (χ4n) is 1.58. The monoisotopic (exact) mass is 271 g/mol. The molecule has 0 unspecified atom stereocenters. The Kier molecular flexibility index (Phi) is 4.73. The van der Waals surface area contributed by atoms with Crippen LogP contribution in [-0.2, 0) is 6.54 Å². The first-order valence-electron chi connectivity index (χ1n) is 5.78. The van der Waals surface area contributed by atoms with E-state index >= 15 is 0 Å². The number of aliphatic hydroxyl groups is 1. The molecule has 1 amide bonds. The van der Waals surface area contributed by atoms with Gasteiger partial charge in [-0.1, -0.05) is 24.0 Å². The lowest BCUT2D eigenvalue weighted by Gasteiger charge is -2.04. The highest BCUT2D eigenvalue weighted by Gasteiger charge is 2.04. The van der Waals surface area contributed by atoms with E-state index in [1.807, 2.05) is 35.0 Å². The summed E-state index contributed by atoms with van der Waals surface area (Å²) in [7, 11) is 0. The van der Waals surface area contributed by atoms with Crippen molar-refractivity contribution >= 4 is 17.2 Å². The van der Waals surface area contributed by atoms with Gasteiger partial charge in [0.25, 0.3) is 5.91 Å². The smallest absolute Gasteiger partial charge is 0.252 e. The first kappa shape index (κ1) is 13.3. The van der Waals surface area contributed by atoms with Crippen molar-refractivity contribution in [3.05, 3.63) is 57.8 Å². The van der Waals surface area contributed by atoms with Crippen LogP contribution < -0.4 is 5.32 Å². The maximum Gasteiger partial charge on any atom is 0.252 e. The number of carbonyl (C=O) groups excluding carboxylic acids is 1. The van der Waals surface area contributed by atoms with Crippen LogP contribution in [0.4, 0.5) is 0 Å². The molecule has 2 rings (SSSR count). The molecule has 0 aliphatic rings. The molecule has 0 aliphatic carbocycles. The molecule has 1 aromatic heterocycles. The van der Waals surface area contributed by atoms with Gasteiger partial charge in [-0.15, -0.1) is 0 Å². The summed E-state index contributed by atoms with van der Waals surface area (Å²) < 4.78 is 0. The highest BCUT2D eigenvalue weighted by Crippen LogP contribution is 2.07. The normalized spacial score (nSPS) is 9.53. The molecule has 2 N–H and O–H groups in total. The zero-order chi connectivity index (χ0) is 13.5. The molecular weight excluding hydrogens is 258 g/mol. The topological polar surface area (TPSA) is 49.3 Å². The van der Waals surface area contributed by atoms with Crippen LogP contribution in [0.1, 0.15) is 21.5 Å². The summed E-state index contributed by atoms with van der Waals surface area (Å²) in [6, 6.07) is 9.37. The highest BCUT2D eigenvalue weighted by molar-refractivity contribution is 7.08. The number of hydrogen-bond acceptors (Lipinski definition) is 3. The van der Waals surface area contributed by atoms with Crippen molar-refractivity contribution in [1.29, 1.82) is 0 Å². The lowest BCUT2D eigenvalue weighted by molar-refractivity contribution is 0.0951. The predicted molar refractivity (Wildman–Crippen MR) is 75.9 cm³/mol. The molecule has 4 heteroatoms. The van der Waals surface area contributed by atoms with Crippen LogP contribution in [0.15, 0.2) is 41.1 Å². The Morgan fingerprint density at radius 3 is 3.00 bits per heavy atom. The summed E-state index contributed by atoms with van der Waals surface area (Å²) in [5.41, 5.74) is 2.49. The third kappa shape index (κ3) is 3.95. The van der Waals surface area contributed by atoms with Gasteiger partial charge in [-0.25, -0.2) is 0 Å². The maximum atomic E-state index is 11.8. The third-order valence-corrected chi connectivity index (χ3v) is 3.16. The number of nitrogens with one attached hydrogen (secondary N) is 1. The van der Waals surface area contributed by atoms with Crippen molar-refractivity contribution in [1.82, 2.24) is 5.32 Å². The number of aliphatic hydroxyl groups excluding tert-OH is 1. The van der Waals surface area contributed by atoms with Crippen LogP contribution >= 0.6 is 11.3 Å². The average Bonchev–Trinajstić information content (AvgIpc) is 2.97. The third-order valence-electron chi connectivity index (χ3n) is 2.48. The van der Waals surface area contributed by atoms with E-state index in [4.69, 9.17) is 5.11 Å². The fraction of sp³-hybridized carbons (Fsp3) is 0.133. The second-order valence-electron chi connectivity index (χ2n) is 3.85. The van der Waals surface area contributed by atoms with E-state index in [1.54, 1.807) is 6.07 Å². The van der Waals surface area contributed by atoms with Crippen molar-refractivity contribution < 1.29 is 9.90 Å². The molecule has 0 radical (unpaired) electrons. The number of rotatable bonds is 3. The predicted octanol–water partition coefficient (Wildman–Crippen LogP) is 2.02. The van der Waals surface area contributed by atoms with Gasteiger partial charge in [-0.3, -0.25) is 4.79 Å². The summed E-state index contributed by atoms with van der Waals surface area (Å²) in [6.45, 7) is 0.308. The van der Waals surface area contributed by atoms with Gasteiger partial charge < -0.3 is 10.4 Å². The van der Waals surface area contributed by atoms with Gasteiger partial charge in [0.1, 0.15) is 6.61 Å². The van der Waals surface area contributed by atoms with Gasteiger partial charge >= 0.3 is 0 Å². The molecule has 3 nitrogen and oxygen atoms in total. The average molecular weight is 271 g/mol. The van der Waals surface area contributed by atoms with Gasteiger partial charge in [-0.2, -0.15) is 11.3 Å². The molecule has 0 saturated carbocycles. The lowest BCUT2D eigenvalue weighted by Crippen LogP contribution is -2.22. The maximum absolute atomic E-state index is 11.8.